The van der Waals surface area contributed by atoms with E-state index in [0.29, 0.717) is 5.41 Å². The quantitative estimate of drug-likeness (QED) is 0.164. The Labute approximate surface area is 354 Å². The minimum absolute atomic E-state index is 0.187. The van der Waals surface area contributed by atoms with Crippen LogP contribution in [0.3, 0.4) is 0 Å². The van der Waals surface area contributed by atoms with E-state index in [4.69, 9.17) is 0 Å². The Morgan fingerprint density at radius 2 is 0.621 bits per heavy atom. The van der Waals surface area contributed by atoms with Gasteiger partial charge in [0.1, 0.15) is 0 Å². The molecule has 0 saturated carbocycles. The molecule has 0 atom stereocenters. The van der Waals surface area contributed by atoms with Crippen molar-refractivity contribution in [3.63, 3.8) is 0 Å². The van der Waals surface area contributed by atoms with Crippen LogP contribution < -0.4 is 0 Å². The third-order valence-corrected chi connectivity index (χ3v) is 9.92. The largest absolute Gasteiger partial charge is 0.0683 e. The smallest absolute Gasteiger partial charge is 0.0126 e. The maximum atomic E-state index is 2.26. The van der Waals surface area contributed by atoms with Crippen molar-refractivity contribution in [1.82, 2.24) is 0 Å². The molecule has 0 aliphatic heterocycles. The van der Waals surface area contributed by atoms with Gasteiger partial charge in [0.15, 0.2) is 0 Å². The predicted octanol–water partition coefficient (Wildman–Crippen LogP) is 17.4. The third kappa shape index (κ3) is 14.6. The lowest BCUT2D eigenvalue weighted by Crippen LogP contribution is -2.12. The second kappa shape index (κ2) is 21.5. The van der Waals surface area contributed by atoms with Crippen LogP contribution in [0.25, 0.3) is 33.0 Å². The van der Waals surface area contributed by atoms with E-state index in [1.165, 1.54) is 55.3 Å². The van der Waals surface area contributed by atoms with Crippen molar-refractivity contribution in [2.45, 2.75) is 119 Å². The summed E-state index contributed by atoms with van der Waals surface area (Å²) in [5.74, 6) is 0. The molecule has 0 heterocycles. The molecule has 0 aliphatic rings. The maximum absolute atomic E-state index is 2.26. The Morgan fingerprint density at radius 3 is 1.10 bits per heavy atom. The molecule has 0 nitrogen and oxygen atoms in total. The van der Waals surface area contributed by atoms with Crippen molar-refractivity contribution in [3.8, 4) is 22.3 Å². The highest BCUT2D eigenvalue weighted by Gasteiger charge is 2.18. The second-order valence-corrected chi connectivity index (χ2v) is 18.7. The highest BCUT2D eigenvalue weighted by molar-refractivity contribution is 5.86. The molecule has 58 heavy (non-hydrogen) atoms. The van der Waals surface area contributed by atoms with Crippen molar-refractivity contribution in [2.75, 3.05) is 0 Å². The van der Waals surface area contributed by atoms with E-state index in [-0.39, 0.29) is 16.2 Å². The molecule has 0 aromatic heterocycles. The van der Waals surface area contributed by atoms with Gasteiger partial charge in [-0.1, -0.05) is 279 Å². The minimum Gasteiger partial charge on any atom is -0.0683 e. The molecule has 0 saturated heterocycles. The van der Waals surface area contributed by atoms with Crippen LogP contribution in [-0.2, 0) is 21.7 Å². The Hall–Kier alpha value is -5.20. The first-order valence-corrected chi connectivity index (χ1v) is 21.2. The van der Waals surface area contributed by atoms with E-state index in [2.05, 4.69) is 259 Å². The standard InChI is InChI=1S/2C16H18.C14H16.C10H14.C2H6/c1-16(2,3)15-12-8-7-11-14(15)13-9-5-4-6-10-13;1-16(2,3)15-11-9-14(10-12-15)13-7-5-4-6-8-13;1-14(2,3)13-10-6-8-11-7-4-5-9-12(11)13;1-10(2,3)9-7-5-4-6-8-9;1-2/h2*4-12H,1-3H3;4-10H,1-3H3;4-8H,1-3H3;1-2H3. The highest BCUT2D eigenvalue weighted by Crippen LogP contribution is 2.33. The first-order chi connectivity index (χ1) is 27.4. The second-order valence-electron chi connectivity index (χ2n) is 18.7. The van der Waals surface area contributed by atoms with Crippen LogP contribution in [-0.4, -0.2) is 0 Å². The van der Waals surface area contributed by atoms with Gasteiger partial charge in [0, 0.05) is 0 Å². The molecule has 0 N–H and O–H groups in total. The van der Waals surface area contributed by atoms with Gasteiger partial charge in [0.2, 0.25) is 0 Å². The van der Waals surface area contributed by atoms with Crippen LogP contribution in [0.4, 0.5) is 0 Å². The zero-order valence-corrected chi connectivity index (χ0v) is 38.3. The summed E-state index contributed by atoms with van der Waals surface area (Å²) in [6, 6.07) is 64.3. The van der Waals surface area contributed by atoms with Gasteiger partial charge in [0.05, 0.1) is 0 Å². The normalized spacial score (nSPS) is 11.3. The zero-order chi connectivity index (χ0) is 43.0. The van der Waals surface area contributed by atoms with E-state index < -0.39 is 0 Å². The topological polar surface area (TPSA) is 0 Å². The van der Waals surface area contributed by atoms with Gasteiger partial charge < -0.3 is 0 Å². The van der Waals surface area contributed by atoms with Crippen molar-refractivity contribution in [2.24, 2.45) is 0 Å². The van der Waals surface area contributed by atoms with Crippen LogP contribution in [0, 0.1) is 0 Å². The molecule has 0 bridgehead atoms. The zero-order valence-electron chi connectivity index (χ0n) is 38.3. The molecule has 0 spiro atoms. The Bertz CT molecular complexity index is 2170. The molecular weight excluding hydrogens is 697 g/mol. The first kappa shape index (κ1) is 47.2. The molecule has 0 radical (unpaired) electrons. The van der Waals surface area contributed by atoms with E-state index >= 15 is 0 Å². The molecular formula is C58H72. The lowest BCUT2D eigenvalue weighted by Gasteiger charge is -2.23. The fraction of sp³-hybridized carbons (Fsp3) is 0.310. The van der Waals surface area contributed by atoms with Gasteiger partial charge in [-0.05, 0) is 76.9 Å². The lowest BCUT2D eigenvalue weighted by atomic mass is 9.82. The number of benzene rings is 7. The number of rotatable bonds is 2. The molecule has 7 aromatic rings. The Kier molecular flexibility index (Phi) is 17.5. The lowest BCUT2D eigenvalue weighted by molar-refractivity contribution is 0.590. The summed E-state index contributed by atoms with van der Waals surface area (Å²) >= 11 is 0. The summed E-state index contributed by atoms with van der Waals surface area (Å²) in [6.45, 7) is 30.9. The van der Waals surface area contributed by atoms with Crippen LogP contribution in [0.15, 0.2) is 182 Å². The van der Waals surface area contributed by atoms with Crippen LogP contribution >= 0.6 is 0 Å². The maximum Gasteiger partial charge on any atom is -0.0126 e. The molecule has 0 aliphatic carbocycles. The van der Waals surface area contributed by atoms with Gasteiger partial charge in [0.25, 0.3) is 0 Å². The monoisotopic (exact) mass is 769 g/mol. The van der Waals surface area contributed by atoms with Gasteiger partial charge in [-0.25, -0.2) is 0 Å². The molecule has 0 heteroatoms. The van der Waals surface area contributed by atoms with Gasteiger partial charge >= 0.3 is 0 Å². The summed E-state index contributed by atoms with van der Waals surface area (Å²) in [7, 11) is 0. The molecule has 0 fully saturated rings. The third-order valence-electron chi connectivity index (χ3n) is 9.92. The van der Waals surface area contributed by atoms with Crippen molar-refractivity contribution in [1.29, 1.82) is 0 Å². The minimum atomic E-state index is 0.187. The fourth-order valence-corrected chi connectivity index (χ4v) is 6.62. The van der Waals surface area contributed by atoms with E-state index in [1.54, 1.807) is 0 Å². The molecule has 7 rings (SSSR count). The van der Waals surface area contributed by atoms with Crippen molar-refractivity contribution < 1.29 is 0 Å². The van der Waals surface area contributed by atoms with Crippen molar-refractivity contribution >= 4 is 10.8 Å². The van der Waals surface area contributed by atoms with E-state index in [9.17, 15) is 0 Å². The number of hydrogen-bond acceptors (Lipinski definition) is 0. The van der Waals surface area contributed by atoms with Crippen molar-refractivity contribution in [3.05, 3.63) is 204 Å². The van der Waals surface area contributed by atoms with E-state index in [1.807, 2.05) is 19.9 Å². The molecule has 0 unspecified atom stereocenters. The summed E-state index contributed by atoms with van der Waals surface area (Å²) in [6.07, 6.45) is 0. The van der Waals surface area contributed by atoms with Crippen LogP contribution in [0.5, 0.6) is 0 Å². The number of fused-ring (bicyclic) bond motifs is 1. The van der Waals surface area contributed by atoms with E-state index in [0.717, 1.165) is 0 Å². The summed E-state index contributed by atoms with van der Waals surface area (Å²) in [5, 5.41) is 2.71. The SMILES string of the molecule is CC.CC(C)(C)c1ccc(-c2ccccc2)cc1.CC(C)(C)c1cccc2ccccc12.CC(C)(C)c1ccccc1.CC(C)(C)c1ccccc1-c1ccccc1. The van der Waals surface area contributed by atoms with Crippen LogP contribution in [0.1, 0.15) is 119 Å². The van der Waals surface area contributed by atoms with Gasteiger partial charge in [-0.2, -0.15) is 0 Å². The number of hydrogen-bond donors (Lipinski definition) is 0. The summed E-state index contributed by atoms with van der Waals surface area (Å²) in [5.41, 5.74) is 11.8. The molecule has 304 valence electrons. The Balaban J connectivity index is 0.000000206. The van der Waals surface area contributed by atoms with Gasteiger partial charge in [-0.3, -0.25) is 0 Å². The van der Waals surface area contributed by atoms with Crippen LogP contribution in [0.2, 0.25) is 0 Å². The first-order valence-electron chi connectivity index (χ1n) is 21.2. The average Bonchev–Trinajstić information content (AvgIpc) is 3.22. The average molecular weight is 769 g/mol. The summed E-state index contributed by atoms with van der Waals surface area (Å²) < 4.78 is 0. The Morgan fingerprint density at radius 1 is 0.259 bits per heavy atom. The molecule has 7 aromatic carbocycles. The van der Waals surface area contributed by atoms with Gasteiger partial charge in [-0.15, -0.1) is 0 Å². The fourth-order valence-electron chi connectivity index (χ4n) is 6.62. The molecule has 0 amide bonds. The highest BCUT2D eigenvalue weighted by atomic mass is 14.2. The predicted molar refractivity (Wildman–Crippen MR) is 260 cm³/mol. The summed E-state index contributed by atoms with van der Waals surface area (Å²) in [4.78, 5) is 0.